The smallest absolute Gasteiger partial charge is 0.257 e. The Bertz CT molecular complexity index is 1380. The van der Waals surface area contributed by atoms with E-state index < -0.39 is 16.6 Å². The SMILES string of the molecule is CC1(C)CN(N(C2CCCCC2)N2CN(N(C3CCCCC3)N3CC(C)(C)NC(C)(C)C3=O)CN(N(C3CCCCC3)N3CC(C)(C)NC(C)(C)C3=O)C2)C(=O)C(C)(C)N1. The quantitative estimate of drug-likeness (QED) is 0.286. The van der Waals surface area contributed by atoms with E-state index in [1.165, 1.54) is 19.3 Å². The van der Waals surface area contributed by atoms with Gasteiger partial charge in [0.15, 0.2) is 0 Å². The molecule has 342 valence electrons. The Balaban J connectivity index is 1.39. The van der Waals surface area contributed by atoms with Gasteiger partial charge in [-0.2, -0.15) is 15.0 Å². The Morgan fingerprint density at radius 1 is 0.383 bits per heavy atom. The van der Waals surface area contributed by atoms with Crippen LogP contribution in [0.15, 0.2) is 0 Å². The molecule has 0 unspecified atom stereocenters. The number of carbonyl (C=O) groups is 3. The van der Waals surface area contributed by atoms with Gasteiger partial charge in [0.1, 0.15) is 0 Å². The van der Waals surface area contributed by atoms with Gasteiger partial charge in [0, 0.05) is 34.7 Å². The van der Waals surface area contributed by atoms with Crippen LogP contribution in [0.4, 0.5) is 0 Å². The third-order valence-electron chi connectivity index (χ3n) is 14.2. The zero-order chi connectivity index (χ0) is 43.6. The molecule has 4 aliphatic heterocycles. The van der Waals surface area contributed by atoms with E-state index in [-0.39, 0.29) is 52.5 Å². The Kier molecular flexibility index (Phi) is 13.0. The van der Waals surface area contributed by atoms with Gasteiger partial charge < -0.3 is 0 Å². The van der Waals surface area contributed by atoms with Crippen LogP contribution < -0.4 is 16.0 Å². The zero-order valence-corrected chi connectivity index (χ0v) is 39.8. The topological polar surface area (TPSA) is 116 Å². The van der Waals surface area contributed by atoms with Crippen molar-refractivity contribution in [3.8, 4) is 0 Å². The monoisotopic (exact) mass is 841 g/mol. The predicted molar refractivity (Wildman–Crippen MR) is 235 cm³/mol. The molecule has 0 aromatic carbocycles. The molecule has 7 fully saturated rings. The lowest BCUT2D eigenvalue weighted by molar-refractivity contribution is -0.360. The molecular weight excluding hydrogens is 757 g/mol. The average Bonchev–Trinajstić information content (AvgIpc) is 3.14. The molecule has 0 aromatic heterocycles. The summed E-state index contributed by atoms with van der Waals surface area (Å²) in [6.07, 6.45) is 16.4. The minimum absolute atomic E-state index is 0.0749. The fourth-order valence-electron chi connectivity index (χ4n) is 12.4. The lowest BCUT2D eigenvalue weighted by Gasteiger charge is -2.62. The lowest BCUT2D eigenvalue weighted by atomic mass is 9.91. The van der Waals surface area contributed by atoms with E-state index in [0.29, 0.717) is 39.6 Å². The van der Waals surface area contributed by atoms with Crippen molar-refractivity contribution in [2.24, 2.45) is 0 Å². The van der Waals surface area contributed by atoms with Gasteiger partial charge in [-0.1, -0.05) is 57.8 Å². The van der Waals surface area contributed by atoms with Crippen molar-refractivity contribution in [2.75, 3.05) is 39.6 Å². The Labute approximate surface area is 363 Å². The number of hydrogen-bond acceptors (Lipinski definition) is 12. The molecule has 0 atom stereocenters. The van der Waals surface area contributed by atoms with Gasteiger partial charge in [-0.25, -0.2) is 0 Å². The summed E-state index contributed by atoms with van der Waals surface area (Å²) >= 11 is 0. The number of carbonyl (C=O) groups excluding carboxylic acids is 3. The summed E-state index contributed by atoms with van der Waals surface area (Å²) in [5.41, 5.74) is -3.26. The molecule has 60 heavy (non-hydrogen) atoms. The maximum atomic E-state index is 14.9. The fraction of sp³-hybridized carbons (Fsp3) is 0.933. The molecule has 15 nitrogen and oxygen atoms in total. The van der Waals surface area contributed by atoms with Crippen LogP contribution in [0.3, 0.4) is 0 Å². The van der Waals surface area contributed by atoms with Crippen LogP contribution in [0, 0.1) is 0 Å². The van der Waals surface area contributed by atoms with Crippen molar-refractivity contribution in [3.63, 3.8) is 0 Å². The first-order chi connectivity index (χ1) is 27.9. The van der Waals surface area contributed by atoms with Gasteiger partial charge >= 0.3 is 0 Å². The van der Waals surface area contributed by atoms with E-state index in [1.807, 2.05) is 41.5 Å². The predicted octanol–water partition coefficient (Wildman–Crippen LogP) is 5.14. The number of hydrazine groups is 6. The van der Waals surface area contributed by atoms with Gasteiger partial charge in [-0.05, 0) is 122 Å². The van der Waals surface area contributed by atoms with Crippen LogP contribution in [0.2, 0.25) is 0 Å². The van der Waals surface area contributed by atoms with Crippen LogP contribution in [0.5, 0.6) is 0 Å². The van der Waals surface area contributed by atoms with Gasteiger partial charge in [0.25, 0.3) is 17.7 Å². The molecule has 0 radical (unpaired) electrons. The molecule has 7 aliphatic rings. The molecular formula is C45H84N12O3. The highest BCUT2D eigenvalue weighted by Gasteiger charge is 2.54. The van der Waals surface area contributed by atoms with E-state index in [0.717, 1.165) is 77.0 Å². The van der Waals surface area contributed by atoms with Crippen LogP contribution >= 0.6 is 0 Å². The van der Waals surface area contributed by atoms with Crippen molar-refractivity contribution in [1.82, 2.24) is 61.4 Å². The summed E-state index contributed by atoms with van der Waals surface area (Å²) in [6.45, 7) is 28.5. The molecule has 3 amide bonds. The normalized spacial score (nSPS) is 30.2. The molecule has 4 heterocycles. The molecule has 0 bridgehead atoms. The first kappa shape index (κ1) is 46.1. The molecule has 15 heteroatoms. The highest BCUT2D eigenvalue weighted by atomic mass is 16.2. The van der Waals surface area contributed by atoms with Gasteiger partial charge in [0.2, 0.25) is 0 Å². The second-order valence-corrected chi connectivity index (χ2v) is 23.3. The van der Waals surface area contributed by atoms with Gasteiger partial charge in [-0.3, -0.25) is 45.4 Å². The number of nitrogens with zero attached hydrogens (tertiary/aromatic N) is 9. The van der Waals surface area contributed by atoms with Crippen molar-refractivity contribution in [1.29, 1.82) is 0 Å². The van der Waals surface area contributed by atoms with E-state index in [9.17, 15) is 14.4 Å². The Morgan fingerprint density at radius 2 is 0.600 bits per heavy atom. The van der Waals surface area contributed by atoms with Crippen LogP contribution in [-0.2, 0) is 14.4 Å². The highest BCUT2D eigenvalue weighted by molar-refractivity contribution is 5.87. The number of amides is 3. The van der Waals surface area contributed by atoms with E-state index >= 15 is 0 Å². The van der Waals surface area contributed by atoms with Crippen molar-refractivity contribution in [3.05, 3.63) is 0 Å². The minimum atomic E-state index is -0.763. The largest absolute Gasteiger partial charge is 0.297 e. The number of piperazine rings is 3. The van der Waals surface area contributed by atoms with E-state index in [1.54, 1.807) is 0 Å². The molecule has 3 aliphatic carbocycles. The van der Waals surface area contributed by atoms with Crippen molar-refractivity contribution >= 4 is 17.7 Å². The summed E-state index contributed by atoms with van der Waals surface area (Å²) in [5.74, 6) is 0.225. The Hall–Kier alpha value is -1.95. The number of nitrogens with one attached hydrogen (secondary N) is 3. The third-order valence-corrected chi connectivity index (χ3v) is 14.2. The highest BCUT2D eigenvalue weighted by Crippen LogP contribution is 2.38. The van der Waals surface area contributed by atoms with Crippen LogP contribution in [0.1, 0.15) is 179 Å². The van der Waals surface area contributed by atoms with Gasteiger partial charge in [0.05, 0.1) is 56.3 Å². The first-order valence-corrected chi connectivity index (χ1v) is 23.9. The standard InChI is InChI=1S/C45H84N12O3/c1-40(2)28-52(37(58)43(7,8)46-40)55(34-22-16-13-17-23-34)49-31-50(56(35-24-18-14-19-25-35)53-29-41(3,4)47-44(9,10)38(53)59)33-51(32-49)57(36-26-20-15-21-27-36)54-30-42(5,6)48-45(11,12)39(54)60/h34-36,46-48H,13-33H2,1-12H3. The van der Waals surface area contributed by atoms with Gasteiger partial charge in [-0.15, -0.1) is 15.4 Å². The van der Waals surface area contributed by atoms with E-state index in [4.69, 9.17) is 0 Å². The average molecular weight is 841 g/mol. The third kappa shape index (κ3) is 9.60. The molecule has 0 aromatic rings. The van der Waals surface area contributed by atoms with Crippen molar-refractivity contribution in [2.45, 2.75) is 231 Å². The Morgan fingerprint density at radius 3 is 0.817 bits per heavy atom. The fourth-order valence-corrected chi connectivity index (χ4v) is 12.4. The number of hydrogen-bond donors (Lipinski definition) is 3. The molecule has 3 saturated carbocycles. The summed E-state index contributed by atoms with van der Waals surface area (Å²) in [7, 11) is 0. The summed E-state index contributed by atoms with van der Waals surface area (Å²) in [5, 5.41) is 31.6. The van der Waals surface area contributed by atoms with E-state index in [2.05, 4.69) is 103 Å². The second kappa shape index (κ2) is 16.9. The minimum Gasteiger partial charge on any atom is -0.297 e. The molecule has 7 rings (SSSR count). The van der Waals surface area contributed by atoms with Crippen LogP contribution in [-0.4, -0.2) is 154 Å². The lowest BCUT2D eigenvalue weighted by Crippen LogP contribution is -2.81. The zero-order valence-electron chi connectivity index (χ0n) is 39.8. The second-order valence-electron chi connectivity index (χ2n) is 23.3. The summed E-state index contributed by atoms with van der Waals surface area (Å²) in [4.78, 5) is 44.6. The molecule has 4 saturated heterocycles. The maximum absolute atomic E-state index is 14.9. The van der Waals surface area contributed by atoms with Crippen molar-refractivity contribution < 1.29 is 14.4 Å². The van der Waals surface area contributed by atoms with Crippen LogP contribution in [0.25, 0.3) is 0 Å². The maximum Gasteiger partial charge on any atom is 0.257 e. The molecule has 0 spiro atoms. The number of rotatable bonds is 9. The molecule has 3 N–H and O–H groups in total. The summed E-state index contributed by atoms with van der Waals surface area (Å²) < 4.78 is 0. The first-order valence-electron chi connectivity index (χ1n) is 23.9. The summed E-state index contributed by atoms with van der Waals surface area (Å²) in [6, 6.07) is 0.411.